The van der Waals surface area contributed by atoms with Crippen LogP contribution >= 0.6 is 0 Å². The van der Waals surface area contributed by atoms with E-state index in [2.05, 4.69) is 30.8 Å². The molecule has 12 heteroatoms. The second-order valence-corrected chi connectivity index (χ2v) is 11.5. The number of carbonyl (C=O) groups excluding carboxylic acids is 1. The molecule has 2 fully saturated rings. The van der Waals surface area contributed by atoms with E-state index in [4.69, 9.17) is 9.72 Å². The summed E-state index contributed by atoms with van der Waals surface area (Å²) in [6, 6.07) is 9.51. The van der Waals surface area contributed by atoms with E-state index in [0.717, 1.165) is 37.1 Å². The molecular formula is C28H33N9O3. The number of carbonyl (C=O) groups is 1. The third-order valence-corrected chi connectivity index (χ3v) is 7.76. The Balaban J connectivity index is 1.22. The molecule has 1 unspecified atom stereocenters. The van der Waals surface area contributed by atoms with Gasteiger partial charge < -0.3 is 25.3 Å². The van der Waals surface area contributed by atoms with E-state index in [-0.39, 0.29) is 23.1 Å². The van der Waals surface area contributed by atoms with Gasteiger partial charge in [0, 0.05) is 31.0 Å². The van der Waals surface area contributed by atoms with E-state index in [1.807, 2.05) is 45.0 Å². The summed E-state index contributed by atoms with van der Waals surface area (Å²) >= 11 is 0. The maximum Gasteiger partial charge on any atom is 0.410 e. The molecule has 1 saturated carbocycles. The molecule has 0 bridgehead atoms. The minimum atomic E-state index is -0.509. The molecule has 6 rings (SSSR count). The molecule has 0 radical (unpaired) electrons. The molecule has 4 heterocycles. The van der Waals surface area contributed by atoms with Crippen LogP contribution in [-0.4, -0.2) is 65.7 Å². The molecule has 208 valence electrons. The Morgan fingerprint density at radius 1 is 1.10 bits per heavy atom. The number of likely N-dealkylation sites (tertiary alicyclic amines) is 1. The zero-order valence-corrected chi connectivity index (χ0v) is 22.8. The highest BCUT2D eigenvalue weighted by Gasteiger charge is 2.49. The van der Waals surface area contributed by atoms with Crippen LogP contribution in [0.5, 0.6) is 0 Å². The maximum atomic E-state index is 12.8. The Bertz CT molecular complexity index is 1580. The summed E-state index contributed by atoms with van der Waals surface area (Å²) in [7, 11) is 0. The van der Waals surface area contributed by atoms with Crippen LogP contribution in [0.4, 0.5) is 22.2 Å². The van der Waals surface area contributed by atoms with Crippen molar-refractivity contribution < 1.29 is 9.53 Å². The van der Waals surface area contributed by atoms with Crippen molar-refractivity contribution in [2.24, 2.45) is 5.41 Å². The highest BCUT2D eigenvalue weighted by Crippen LogP contribution is 2.50. The fourth-order valence-corrected chi connectivity index (χ4v) is 5.58. The van der Waals surface area contributed by atoms with E-state index in [0.29, 0.717) is 35.8 Å². The van der Waals surface area contributed by atoms with Crippen LogP contribution in [0.2, 0.25) is 0 Å². The number of pyridine rings is 1. The summed E-state index contributed by atoms with van der Waals surface area (Å²) in [5.74, 6) is 0.872. The molecule has 1 aliphatic heterocycles. The zero-order valence-electron chi connectivity index (χ0n) is 22.8. The number of nitrogens with zero attached hydrogens (tertiary/aromatic N) is 6. The van der Waals surface area contributed by atoms with Gasteiger partial charge in [0.1, 0.15) is 16.8 Å². The van der Waals surface area contributed by atoms with Gasteiger partial charge in [0.25, 0.3) is 5.56 Å². The van der Waals surface area contributed by atoms with Gasteiger partial charge in [-0.1, -0.05) is 6.07 Å². The number of nitrogens with one attached hydrogen (secondary N) is 3. The number of aromatic amines is 1. The van der Waals surface area contributed by atoms with Crippen LogP contribution in [0.15, 0.2) is 53.7 Å². The predicted octanol–water partition coefficient (Wildman–Crippen LogP) is 4.23. The molecule has 1 aromatic carbocycles. The maximum absolute atomic E-state index is 12.8. The molecular weight excluding hydrogens is 510 g/mol. The standard InChI is InChI=1S/C28H33N9O3/c1-27(2,3)40-26(39)36-15-10-28(11-16-36)9-7-21(28)34-25-33-20-8-12-29-24(38)22(20)23(35-25)32-18-5-4-6-19(17-18)37-30-13-14-31-37/h4-6,8,12-14,17,21H,7,9-11,15-16H2,1-3H3,(H,29,38)(H2,32,33,34,35). The minimum Gasteiger partial charge on any atom is -0.444 e. The van der Waals surface area contributed by atoms with Gasteiger partial charge in [0.15, 0.2) is 0 Å². The van der Waals surface area contributed by atoms with Crippen LogP contribution in [-0.2, 0) is 4.74 Å². The first kappa shape index (κ1) is 25.8. The highest BCUT2D eigenvalue weighted by molar-refractivity contribution is 5.91. The molecule has 12 nitrogen and oxygen atoms in total. The summed E-state index contributed by atoms with van der Waals surface area (Å²) in [6.45, 7) is 6.98. The van der Waals surface area contributed by atoms with Gasteiger partial charge in [0.2, 0.25) is 5.95 Å². The first-order valence-corrected chi connectivity index (χ1v) is 13.6. The zero-order chi connectivity index (χ0) is 27.9. The number of ether oxygens (including phenoxy) is 1. The number of benzene rings is 1. The number of amides is 1. The van der Waals surface area contributed by atoms with Crippen molar-refractivity contribution in [1.82, 2.24) is 34.8 Å². The minimum absolute atomic E-state index is 0.0731. The number of rotatable bonds is 5. The lowest BCUT2D eigenvalue weighted by Crippen LogP contribution is -2.56. The quantitative estimate of drug-likeness (QED) is 0.337. The van der Waals surface area contributed by atoms with E-state index in [1.165, 1.54) is 4.80 Å². The molecule has 1 saturated heterocycles. The van der Waals surface area contributed by atoms with Crippen molar-refractivity contribution in [2.75, 3.05) is 23.7 Å². The fourth-order valence-electron chi connectivity index (χ4n) is 5.58. The molecule has 3 N–H and O–H groups in total. The number of hydrogen-bond donors (Lipinski definition) is 3. The van der Waals surface area contributed by atoms with Crippen LogP contribution < -0.4 is 16.2 Å². The smallest absolute Gasteiger partial charge is 0.410 e. The van der Waals surface area contributed by atoms with Gasteiger partial charge in [-0.15, -0.1) is 0 Å². The Morgan fingerprint density at radius 2 is 1.88 bits per heavy atom. The Labute approximate surface area is 231 Å². The number of hydrogen-bond acceptors (Lipinski definition) is 9. The Hall–Kier alpha value is -4.48. The largest absolute Gasteiger partial charge is 0.444 e. The summed E-state index contributed by atoms with van der Waals surface area (Å²) in [6.07, 6.45) is 8.41. The first-order valence-electron chi connectivity index (χ1n) is 13.6. The normalized spacial score (nSPS) is 18.4. The number of fused-ring (bicyclic) bond motifs is 1. The van der Waals surface area contributed by atoms with Crippen LogP contribution in [0, 0.1) is 5.41 Å². The van der Waals surface area contributed by atoms with E-state index in [9.17, 15) is 9.59 Å². The summed E-state index contributed by atoms with van der Waals surface area (Å²) in [4.78, 5) is 40.9. The third kappa shape index (κ3) is 5.08. The average Bonchev–Trinajstić information content (AvgIpc) is 3.46. The van der Waals surface area contributed by atoms with Crippen molar-refractivity contribution in [3.05, 3.63) is 59.3 Å². The van der Waals surface area contributed by atoms with E-state index < -0.39 is 5.60 Å². The molecule has 4 aromatic rings. The van der Waals surface area contributed by atoms with Gasteiger partial charge in [-0.2, -0.15) is 20.0 Å². The van der Waals surface area contributed by atoms with Gasteiger partial charge in [-0.05, 0) is 76.1 Å². The van der Waals surface area contributed by atoms with Crippen LogP contribution in [0.1, 0.15) is 46.5 Å². The second kappa shape index (κ2) is 9.92. The van der Waals surface area contributed by atoms with Crippen molar-refractivity contribution in [1.29, 1.82) is 0 Å². The molecule has 3 aromatic heterocycles. The van der Waals surface area contributed by atoms with Gasteiger partial charge in [-0.25, -0.2) is 9.78 Å². The molecule has 1 spiro atoms. The summed E-state index contributed by atoms with van der Waals surface area (Å²) in [5.41, 5.74) is 1.34. The van der Waals surface area contributed by atoms with Crippen molar-refractivity contribution in [3.63, 3.8) is 0 Å². The van der Waals surface area contributed by atoms with E-state index >= 15 is 0 Å². The van der Waals surface area contributed by atoms with Crippen molar-refractivity contribution in [2.45, 2.75) is 58.1 Å². The fraction of sp³-hybridized carbons (Fsp3) is 0.429. The third-order valence-electron chi connectivity index (χ3n) is 7.76. The van der Waals surface area contributed by atoms with Gasteiger partial charge in [0.05, 0.1) is 23.6 Å². The van der Waals surface area contributed by atoms with Gasteiger partial charge >= 0.3 is 6.09 Å². The predicted molar refractivity (Wildman–Crippen MR) is 151 cm³/mol. The lowest BCUT2D eigenvalue weighted by molar-refractivity contribution is -0.0110. The lowest BCUT2D eigenvalue weighted by atomic mass is 9.59. The molecule has 1 aliphatic carbocycles. The van der Waals surface area contributed by atoms with Crippen molar-refractivity contribution >= 4 is 34.4 Å². The van der Waals surface area contributed by atoms with Gasteiger partial charge in [-0.3, -0.25) is 4.79 Å². The van der Waals surface area contributed by atoms with E-state index in [1.54, 1.807) is 29.6 Å². The molecule has 1 amide bonds. The SMILES string of the molecule is CC(C)(C)OC(=O)N1CCC2(CCC2Nc2nc(Nc3cccc(-n4nccn4)c3)c3c(=O)[nH]ccc3n2)CC1. The molecule has 40 heavy (non-hydrogen) atoms. The first-order chi connectivity index (χ1) is 19.2. The summed E-state index contributed by atoms with van der Waals surface area (Å²) < 4.78 is 5.57. The molecule has 1 atom stereocenters. The van der Waals surface area contributed by atoms with Crippen molar-refractivity contribution in [3.8, 4) is 5.69 Å². The second-order valence-electron chi connectivity index (χ2n) is 11.5. The number of H-pyrrole nitrogens is 1. The van der Waals surface area contributed by atoms with Crippen LogP contribution in [0.25, 0.3) is 16.6 Å². The Kier molecular flexibility index (Phi) is 6.40. The topological polar surface area (TPSA) is 143 Å². The Morgan fingerprint density at radius 3 is 2.58 bits per heavy atom. The highest BCUT2D eigenvalue weighted by atomic mass is 16.6. The summed E-state index contributed by atoms with van der Waals surface area (Å²) in [5, 5.41) is 15.6. The average molecular weight is 544 g/mol. The number of piperidine rings is 1. The molecule has 2 aliphatic rings. The number of aromatic nitrogens is 6. The number of anilines is 3. The lowest BCUT2D eigenvalue weighted by Gasteiger charge is -2.53. The monoisotopic (exact) mass is 543 g/mol. The van der Waals surface area contributed by atoms with Crippen LogP contribution in [0.3, 0.4) is 0 Å².